The second kappa shape index (κ2) is 10.9. The van der Waals surface area contributed by atoms with Gasteiger partial charge in [-0.25, -0.2) is 0 Å². The average molecular weight is 467 g/mol. The lowest BCUT2D eigenvalue weighted by Crippen LogP contribution is -2.51. The Kier molecular flexibility index (Phi) is 9.22. The standard InChI is InChI=1S/C16H26N4O4S4/c1-11(13(21)22)19-7-17(15(25)27-9-19)5-3-4-6-18-8-20(10-28-16(18)26)12(2)14(23)24/h11-12H,3-10H2,1-2H3,(H,21,22)(H,23,24). The Labute approximate surface area is 184 Å². The van der Waals surface area contributed by atoms with Gasteiger partial charge < -0.3 is 20.0 Å². The summed E-state index contributed by atoms with van der Waals surface area (Å²) in [5.41, 5.74) is 0. The minimum absolute atomic E-state index is 0.529. The maximum atomic E-state index is 11.2. The van der Waals surface area contributed by atoms with Gasteiger partial charge in [-0.2, -0.15) is 0 Å². The van der Waals surface area contributed by atoms with Gasteiger partial charge in [0, 0.05) is 13.1 Å². The first-order valence-electron chi connectivity index (χ1n) is 8.97. The van der Waals surface area contributed by atoms with Gasteiger partial charge in [0.25, 0.3) is 0 Å². The Balaban J connectivity index is 1.77. The number of rotatable bonds is 9. The van der Waals surface area contributed by atoms with Gasteiger partial charge in [-0.05, 0) is 26.7 Å². The highest BCUT2D eigenvalue weighted by atomic mass is 32.2. The molecule has 28 heavy (non-hydrogen) atoms. The molecule has 2 fully saturated rings. The Morgan fingerprint density at radius 1 is 0.893 bits per heavy atom. The van der Waals surface area contributed by atoms with Crippen LogP contribution in [0.5, 0.6) is 0 Å². The summed E-state index contributed by atoms with van der Waals surface area (Å²) in [6, 6.07) is -1.08. The minimum atomic E-state index is -0.829. The summed E-state index contributed by atoms with van der Waals surface area (Å²) in [5.74, 6) is -0.464. The molecular formula is C16H26N4O4S4. The average Bonchev–Trinajstić information content (AvgIpc) is 2.66. The maximum absolute atomic E-state index is 11.2. The quantitative estimate of drug-likeness (QED) is 0.384. The Morgan fingerprint density at radius 3 is 1.57 bits per heavy atom. The van der Waals surface area contributed by atoms with Gasteiger partial charge in [-0.3, -0.25) is 19.4 Å². The van der Waals surface area contributed by atoms with Crippen LogP contribution in [0.4, 0.5) is 0 Å². The highest BCUT2D eigenvalue weighted by Gasteiger charge is 2.29. The molecule has 2 aliphatic rings. The molecule has 2 heterocycles. The van der Waals surface area contributed by atoms with E-state index in [2.05, 4.69) is 0 Å². The molecule has 0 spiro atoms. The van der Waals surface area contributed by atoms with Crippen LogP contribution in [0.15, 0.2) is 0 Å². The number of hydrogen-bond donors (Lipinski definition) is 2. The van der Waals surface area contributed by atoms with Crippen molar-refractivity contribution in [3.8, 4) is 0 Å². The molecule has 0 radical (unpaired) electrons. The molecule has 158 valence electrons. The summed E-state index contributed by atoms with van der Waals surface area (Å²) in [6.07, 6.45) is 1.79. The third-order valence-electron chi connectivity index (χ3n) is 4.85. The first-order chi connectivity index (χ1) is 13.2. The molecule has 2 N–H and O–H groups in total. The van der Waals surface area contributed by atoms with E-state index in [0.29, 0.717) is 25.1 Å². The lowest BCUT2D eigenvalue weighted by molar-refractivity contribution is -0.143. The molecule has 8 nitrogen and oxygen atoms in total. The Morgan fingerprint density at radius 2 is 1.25 bits per heavy atom. The number of carbonyl (C=O) groups is 2. The monoisotopic (exact) mass is 466 g/mol. The van der Waals surface area contributed by atoms with Crippen LogP contribution in [0.25, 0.3) is 0 Å². The second-order valence-corrected chi connectivity index (χ2v) is 9.96. The van der Waals surface area contributed by atoms with Gasteiger partial charge in [0.05, 0.1) is 25.1 Å². The van der Waals surface area contributed by atoms with E-state index in [0.717, 1.165) is 34.6 Å². The van der Waals surface area contributed by atoms with Gasteiger partial charge in [0.1, 0.15) is 20.7 Å². The zero-order chi connectivity index (χ0) is 20.8. The van der Waals surface area contributed by atoms with E-state index in [4.69, 9.17) is 24.4 Å². The lowest BCUT2D eigenvalue weighted by atomic mass is 10.2. The Bertz CT molecular complexity index is 571. The van der Waals surface area contributed by atoms with Crippen molar-refractivity contribution in [1.82, 2.24) is 19.6 Å². The first-order valence-corrected chi connectivity index (χ1v) is 11.8. The van der Waals surface area contributed by atoms with Crippen molar-refractivity contribution < 1.29 is 19.8 Å². The maximum Gasteiger partial charge on any atom is 0.320 e. The fraction of sp³-hybridized carbons (Fsp3) is 0.750. The van der Waals surface area contributed by atoms with Gasteiger partial charge in [0.15, 0.2) is 0 Å². The van der Waals surface area contributed by atoms with Crippen LogP contribution in [0.3, 0.4) is 0 Å². The van der Waals surface area contributed by atoms with Gasteiger partial charge >= 0.3 is 11.9 Å². The van der Waals surface area contributed by atoms with E-state index in [-0.39, 0.29) is 0 Å². The van der Waals surface area contributed by atoms with Crippen LogP contribution >= 0.6 is 48.0 Å². The molecule has 2 atom stereocenters. The first kappa shape index (κ1) is 23.6. The van der Waals surface area contributed by atoms with Crippen LogP contribution in [-0.4, -0.2) is 101 Å². The zero-order valence-electron chi connectivity index (χ0n) is 15.9. The molecule has 0 aromatic carbocycles. The molecule has 2 saturated heterocycles. The molecular weight excluding hydrogens is 440 g/mol. The number of thiocarbonyl (C=S) groups is 2. The van der Waals surface area contributed by atoms with Gasteiger partial charge in [0.2, 0.25) is 0 Å². The van der Waals surface area contributed by atoms with Crippen molar-refractivity contribution >= 4 is 68.5 Å². The Hall–Kier alpha value is -0.660. The van der Waals surface area contributed by atoms with E-state index in [9.17, 15) is 19.8 Å². The van der Waals surface area contributed by atoms with Crippen molar-refractivity contribution in [3.05, 3.63) is 0 Å². The van der Waals surface area contributed by atoms with Crippen molar-refractivity contribution in [2.45, 2.75) is 38.8 Å². The molecule has 2 rings (SSSR count). The summed E-state index contributed by atoms with van der Waals surface area (Å²) in [4.78, 5) is 30.3. The van der Waals surface area contributed by atoms with E-state index >= 15 is 0 Å². The topological polar surface area (TPSA) is 87.6 Å². The van der Waals surface area contributed by atoms with Crippen molar-refractivity contribution in [2.24, 2.45) is 0 Å². The fourth-order valence-electron chi connectivity index (χ4n) is 2.80. The molecule has 2 aliphatic heterocycles. The minimum Gasteiger partial charge on any atom is -0.480 e. The molecule has 2 unspecified atom stereocenters. The van der Waals surface area contributed by atoms with Crippen LogP contribution in [0, 0.1) is 0 Å². The van der Waals surface area contributed by atoms with Crippen molar-refractivity contribution in [1.29, 1.82) is 0 Å². The molecule has 0 amide bonds. The highest BCUT2D eigenvalue weighted by molar-refractivity contribution is 8.23. The number of unbranched alkanes of at least 4 members (excludes halogenated alkanes) is 1. The van der Waals surface area contributed by atoms with Crippen LogP contribution < -0.4 is 0 Å². The van der Waals surface area contributed by atoms with E-state index in [1.807, 2.05) is 19.6 Å². The molecule has 0 aromatic rings. The number of carboxylic acids is 2. The SMILES string of the molecule is CC(C(=O)O)N1CSC(=S)N(CCCCN2CN(C(C)C(=O)O)CSC2=S)C1. The predicted octanol–water partition coefficient (Wildman–Crippen LogP) is 1.81. The van der Waals surface area contributed by atoms with Crippen LogP contribution in [0.1, 0.15) is 26.7 Å². The van der Waals surface area contributed by atoms with E-state index in [1.54, 1.807) is 13.8 Å². The smallest absolute Gasteiger partial charge is 0.320 e. The van der Waals surface area contributed by atoms with Crippen LogP contribution in [-0.2, 0) is 9.59 Å². The summed E-state index contributed by atoms with van der Waals surface area (Å²) >= 11 is 13.8. The van der Waals surface area contributed by atoms with E-state index < -0.39 is 24.0 Å². The van der Waals surface area contributed by atoms with Crippen molar-refractivity contribution in [2.75, 3.05) is 38.2 Å². The number of nitrogens with zero attached hydrogens (tertiary/aromatic N) is 4. The van der Waals surface area contributed by atoms with Gasteiger partial charge in [-0.15, -0.1) is 0 Å². The fourth-order valence-corrected chi connectivity index (χ4v) is 5.25. The third-order valence-corrected chi connectivity index (χ3v) is 8.00. The lowest BCUT2D eigenvalue weighted by Gasteiger charge is -2.39. The van der Waals surface area contributed by atoms with E-state index in [1.165, 1.54) is 23.5 Å². The summed E-state index contributed by atoms with van der Waals surface area (Å²) in [7, 11) is 0. The summed E-state index contributed by atoms with van der Waals surface area (Å²) in [5, 5.41) is 18.4. The number of hydrogen-bond acceptors (Lipinski definition) is 8. The van der Waals surface area contributed by atoms with Crippen molar-refractivity contribution in [3.63, 3.8) is 0 Å². The zero-order valence-corrected chi connectivity index (χ0v) is 19.2. The normalized spacial score (nSPS) is 21.6. The molecule has 0 bridgehead atoms. The highest BCUT2D eigenvalue weighted by Crippen LogP contribution is 2.23. The largest absolute Gasteiger partial charge is 0.480 e. The number of carboxylic acid groups (broad SMARTS) is 2. The van der Waals surface area contributed by atoms with Gasteiger partial charge in [-0.1, -0.05) is 48.0 Å². The molecule has 0 aromatic heterocycles. The third kappa shape index (κ3) is 6.42. The molecule has 12 heteroatoms. The number of thioether (sulfide) groups is 2. The second-order valence-electron chi connectivity index (χ2n) is 6.80. The number of aliphatic carboxylic acids is 2. The van der Waals surface area contributed by atoms with Crippen LogP contribution in [0.2, 0.25) is 0 Å². The summed E-state index contributed by atoms with van der Waals surface area (Å²) < 4.78 is 1.61. The molecule has 0 aliphatic carbocycles. The predicted molar refractivity (Wildman–Crippen MR) is 120 cm³/mol. The summed E-state index contributed by atoms with van der Waals surface area (Å²) in [6.45, 7) is 5.96. The molecule has 0 saturated carbocycles.